The van der Waals surface area contributed by atoms with Crippen molar-refractivity contribution >= 4 is 5.91 Å². The summed E-state index contributed by atoms with van der Waals surface area (Å²) in [6.45, 7) is 8.48. The molecule has 3 saturated heterocycles. The summed E-state index contributed by atoms with van der Waals surface area (Å²) in [6.07, 6.45) is 8.68. The number of aromatic nitrogens is 1. The number of carbonyl (C=O) groups excluding carboxylic acids is 1. The zero-order chi connectivity index (χ0) is 17.2. The molecule has 3 aliphatic heterocycles. The molecule has 136 valence electrons. The zero-order valence-electron chi connectivity index (χ0n) is 15.3. The van der Waals surface area contributed by atoms with Crippen molar-refractivity contribution in [1.82, 2.24) is 19.7 Å². The van der Waals surface area contributed by atoms with Crippen LogP contribution in [0.1, 0.15) is 38.2 Å². The third-order valence-corrected chi connectivity index (χ3v) is 6.29. The summed E-state index contributed by atoms with van der Waals surface area (Å²) >= 11 is 0. The topological polar surface area (TPSA) is 39.7 Å². The molecule has 0 spiro atoms. The molecule has 0 aliphatic carbocycles. The second-order valence-electron chi connectivity index (χ2n) is 8.03. The maximum atomic E-state index is 12.3. The average Bonchev–Trinajstić information content (AvgIpc) is 3.23. The van der Waals surface area contributed by atoms with Gasteiger partial charge in [-0.15, -0.1) is 0 Å². The Morgan fingerprint density at radius 1 is 1.16 bits per heavy atom. The van der Waals surface area contributed by atoms with Crippen molar-refractivity contribution in [1.29, 1.82) is 0 Å². The van der Waals surface area contributed by atoms with Crippen molar-refractivity contribution in [3.8, 4) is 0 Å². The summed E-state index contributed by atoms with van der Waals surface area (Å²) in [5.41, 5.74) is 1.34. The number of nitrogens with zero attached hydrogens (tertiary/aromatic N) is 4. The SMILES string of the molecule is CC(=O)N1[C@@H](CN2CCCC2)C[C@@H]2CN(Cc3ccncc3)CC[C@@H]21. The molecule has 0 saturated carbocycles. The Morgan fingerprint density at radius 3 is 2.64 bits per heavy atom. The van der Waals surface area contributed by atoms with Gasteiger partial charge in [0.1, 0.15) is 0 Å². The van der Waals surface area contributed by atoms with Gasteiger partial charge in [0.15, 0.2) is 0 Å². The van der Waals surface area contributed by atoms with Crippen LogP contribution in [0.15, 0.2) is 24.5 Å². The standard InChI is InChI=1S/C20H30N4O/c1-16(25)24-19(15-22-9-2-3-10-22)12-18-14-23(11-6-20(18)24)13-17-4-7-21-8-5-17/h4-5,7-8,18-20H,2-3,6,9-15H2,1H3/t18-,19-,20+/m1/s1. The van der Waals surface area contributed by atoms with E-state index in [9.17, 15) is 4.79 Å². The highest BCUT2D eigenvalue weighted by atomic mass is 16.2. The van der Waals surface area contributed by atoms with Crippen LogP contribution in [0.5, 0.6) is 0 Å². The van der Waals surface area contributed by atoms with Crippen LogP contribution < -0.4 is 0 Å². The first-order chi connectivity index (χ1) is 12.2. The van der Waals surface area contributed by atoms with E-state index in [0.29, 0.717) is 18.0 Å². The van der Waals surface area contributed by atoms with Gasteiger partial charge in [0.2, 0.25) is 5.91 Å². The van der Waals surface area contributed by atoms with E-state index in [1.54, 1.807) is 6.92 Å². The number of piperidine rings is 1. The molecule has 0 aromatic carbocycles. The molecular formula is C20H30N4O. The number of likely N-dealkylation sites (tertiary alicyclic amines) is 3. The van der Waals surface area contributed by atoms with Crippen molar-refractivity contribution in [2.45, 2.75) is 51.2 Å². The van der Waals surface area contributed by atoms with E-state index >= 15 is 0 Å². The molecule has 0 radical (unpaired) electrons. The van der Waals surface area contributed by atoms with Gasteiger partial charge < -0.3 is 9.80 Å². The largest absolute Gasteiger partial charge is 0.335 e. The highest BCUT2D eigenvalue weighted by Crippen LogP contribution is 2.36. The Morgan fingerprint density at radius 2 is 1.92 bits per heavy atom. The van der Waals surface area contributed by atoms with Gasteiger partial charge >= 0.3 is 0 Å². The molecular weight excluding hydrogens is 312 g/mol. The number of hydrogen-bond donors (Lipinski definition) is 0. The van der Waals surface area contributed by atoms with Crippen LogP contribution in [0, 0.1) is 5.92 Å². The number of pyridine rings is 1. The lowest BCUT2D eigenvalue weighted by Crippen LogP contribution is -2.49. The molecule has 4 rings (SSSR count). The molecule has 1 amide bonds. The highest BCUT2D eigenvalue weighted by Gasteiger charge is 2.45. The Kier molecular flexibility index (Phi) is 5.04. The fourth-order valence-electron chi connectivity index (χ4n) is 5.23. The van der Waals surface area contributed by atoms with Gasteiger partial charge in [-0.05, 0) is 62.4 Å². The fourth-order valence-corrected chi connectivity index (χ4v) is 5.23. The quantitative estimate of drug-likeness (QED) is 0.839. The average molecular weight is 342 g/mol. The third-order valence-electron chi connectivity index (χ3n) is 6.29. The lowest BCUT2D eigenvalue weighted by Gasteiger charge is -2.38. The number of carbonyl (C=O) groups is 1. The third kappa shape index (κ3) is 3.72. The van der Waals surface area contributed by atoms with E-state index in [2.05, 4.69) is 31.8 Å². The van der Waals surface area contributed by atoms with Crippen molar-refractivity contribution in [3.63, 3.8) is 0 Å². The molecule has 0 bridgehead atoms. The summed E-state index contributed by atoms with van der Waals surface area (Å²) in [7, 11) is 0. The van der Waals surface area contributed by atoms with E-state index in [1.165, 1.54) is 37.9 Å². The highest BCUT2D eigenvalue weighted by molar-refractivity contribution is 5.74. The molecule has 5 nitrogen and oxygen atoms in total. The predicted octanol–water partition coefficient (Wildman–Crippen LogP) is 1.99. The maximum Gasteiger partial charge on any atom is 0.219 e. The molecule has 25 heavy (non-hydrogen) atoms. The van der Waals surface area contributed by atoms with E-state index < -0.39 is 0 Å². The molecule has 0 N–H and O–H groups in total. The van der Waals surface area contributed by atoms with Crippen LogP contribution >= 0.6 is 0 Å². The Bertz CT molecular complexity index is 587. The van der Waals surface area contributed by atoms with Gasteiger partial charge in [0, 0.05) is 57.6 Å². The van der Waals surface area contributed by atoms with Crippen LogP contribution in [0.2, 0.25) is 0 Å². The van der Waals surface area contributed by atoms with Gasteiger partial charge in [-0.3, -0.25) is 14.7 Å². The normalized spacial score (nSPS) is 30.6. The van der Waals surface area contributed by atoms with Crippen molar-refractivity contribution in [2.24, 2.45) is 5.92 Å². The molecule has 3 atom stereocenters. The summed E-state index contributed by atoms with van der Waals surface area (Å²) in [5, 5.41) is 0. The van der Waals surface area contributed by atoms with Crippen LogP contribution in [-0.4, -0.2) is 70.4 Å². The first-order valence-corrected chi connectivity index (χ1v) is 9.83. The fraction of sp³-hybridized carbons (Fsp3) is 0.700. The molecule has 4 heterocycles. The molecule has 5 heteroatoms. The van der Waals surface area contributed by atoms with Crippen LogP contribution in [0.4, 0.5) is 0 Å². The summed E-state index contributed by atoms with van der Waals surface area (Å²) in [4.78, 5) is 23.8. The second-order valence-corrected chi connectivity index (χ2v) is 8.03. The number of amides is 1. The van der Waals surface area contributed by atoms with E-state index in [4.69, 9.17) is 0 Å². The summed E-state index contributed by atoms with van der Waals surface area (Å²) in [5.74, 6) is 0.909. The number of hydrogen-bond acceptors (Lipinski definition) is 4. The number of fused-ring (bicyclic) bond motifs is 1. The minimum atomic E-state index is 0.277. The van der Waals surface area contributed by atoms with Crippen LogP contribution in [0.25, 0.3) is 0 Å². The smallest absolute Gasteiger partial charge is 0.219 e. The Labute approximate surface area is 151 Å². The summed E-state index contributed by atoms with van der Waals surface area (Å²) in [6, 6.07) is 5.10. The Hall–Kier alpha value is -1.46. The van der Waals surface area contributed by atoms with Gasteiger partial charge in [-0.25, -0.2) is 0 Å². The maximum absolute atomic E-state index is 12.3. The number of rotatable bonds is 4. The van der Waals surface area contributed by atoms with Crippen LogP contribution in [-0.2, 0) is 11.3 Å². The van der Waals surface area contributed by atoms with Crippen molar-refractivity contribution < 1.29 is 4.79 Å². The first-order valence-electron chi connectivity index (χ1n) is 9.83. The summed E-state index contributed by atoms with van der Waals surface area (Å²) < 4.78 is 0. The molecule has 3 fully saturated rings. The van der Waals surface area contributed by atoms with Crippen molar-refractivity contribution in [2.75, 3.05) is 32.7 Å². The van der Waals surface area contributed by atoms with Gasteiger partial charge in [0.25, 0.3) is 0 Å². The lowest BCUT2D eigenvalue weighted by molar-refractivity contribution is -0.133. The van der Waals surface area contributed by atoms with Gasteiger partial charge in [-0.2, -0.15) is 0 Å². The lowest BCUT2D eigenvalue weighted by atomic mass is 9.91. The molecule has 3 aliphatic rings. The van der Waals surface area contributed by atoms with Gasteiger partial charge in [0.05, 0.1) is 0 Å². The molecule has 1 aromatic heterocycles. The van der Waals surface area contributed by atoms with Crippen LogP contribution in [0.3, 0.4) is 0 Å². The van der Waals surface area contributed by atoms with E-state index in [1.807, 2.05) is 12.4 Å². The van der Waals surface area contributed by atoms with E-state index in [0.717, 1.165) is 32.6 Å². The minimum Gasteiger partial charge on any atom is -0.335 e. The molecule has 0 unspecified atom stereocenters. The van der Waals surface area contributed by atoms with Gasteiger partial charge in [-0.1, -0.05) is 0 Å². The first kappa shape index (κ1) is 17.0. The molecule has 1 aromatic rings. The second kappa shape index (κ2) is 7.42. The zero-order valence-corrected chi connectivity index (χ0v) is 15.3. The monoisotopic (exact) mass is 342 g/mol. The predicted molar refractivity (Wildman–Crippen MR) is 98.0 cm³/mol. The van der Waals surface area contributed by atoms with Crippen molar-refractivity contribution in [3.05, 3.63) is 30.1 Å². The minimum absolute atomic E-state index is 0.277. The van der Waals surface area contributed by atoms with E-state index in [-0.39, 0.29) is 5.91 Å². The Balaban J connectivity index is 1.41.